The third kappa shape index (κ3) is 2.52. The number of nitrogens with one attached hydrogen (secondary N) is 1. The minimum atomic E-state index is 1.10. The molecule has 2 heteroatoms. The van der Waals surface area contributed by atoms with Crippen LogP contribution in [0.5, 0.6) is 0 Å². The largest absolute Gasteiger partial charge is 0.287 e. The van der Waals surface area contributed by atoms with Gasteiger partial charge in [-0.25, -0.2) is 9.55 Å². The van der Waals surface area contributed by atoms with E-state index in [1.807, 2.05) is 12.1 Å². The standard InChI is InChI=1S/C22H18N2/c1-24-21(18-13-7-3-8-14-18)20(17-11-5-2-6-12-17)23-22(24)19-15-9-4-10-16-19/h2-16H,1H3/p+1. The smallest absolute Gasteiger partial charge is 0.236 e. The lowest BCUT2D eigenvalue weighted by atomic mass is 10.1. The zero-order valence-electron chi connectivity index (χ0n) is 13.6. The lowest BCUT2D eigenvalue weighted by Crippen LogP contribution is -2.31. The zero-order chi connectivity index (χ0) is 16.4. The Morgan fingerprint density at radius 2 is 1.04 bits per heavy atom. The first-order chi connectivity index (χ1) is 11.8. The summed E-state index contributed by atoms with van der Waals surface area (Å²) in [6, 6.07) is 31.5. The van der Waals surface area contributed by atoms with Crippen molar-refractivity contribution in [3.05, 3.63) is 91.0 Å². The summed E-state index contributed by atoms with van der Waals surface area (Å²) in [5.41, 5.74) is 5.91. The van der Waals surface area contributed by atoms with Gasteiger partial charge in [-0.3, -0.25) is 0 Å². The second-order valence-corrected chi connectivity index (χ2v) is 5.85. The van der Waals surface area contributed by atoms with Crippen molar-refractivity contribution < 1.29 is 4.57 Å². The molecule has 0 saturated heterocycles. The van der Waals surface area contributed by atoms with Gasteiger partial charge in [-0.1, -0.05) is 78.9 Å². The highest BCUT2D eigenvalue weighted by Crippen LogP contribution is 2.31. The van der Waals surface area contributed by atoms with E-state index in [4.69, 9.17) is 0 Å². The van der Waals surface area contributed by atoms with E-state index in [0.717, 1.165) is 11.5 Å². The summed E-state index contributed by atoms with van der Waals surface area (Å²) >= 11 is 0. The zero-order valence-corrected chi connectivity index (χ0v) is 13.6. The fourth-order valence-electron chi connectivity index (χ4n) is 3.15. The molecule has 0 saturated carbocycles. The Kier molecular flexibility index (Phi) is 3.72. The van der Waals surface area contributed by atoms with Crippen LogP contribution in [0.4, 0.5) is 0 Å². The molecule has 4 rings (SSSR count). The van der Waals surface area contributed by atoms with Crippen molar-refractivity contribution in [2.75, 3.05) is 0 Å². The maximum atomic E-state index is 3.64. The Morgan fingerprint density at radius 3 is 1.58 bits per heavy atom. The molecular weight excluding hydrogens is 292 g/mol. The predicted octanol–water partition coefficient (Wildman–Crippen LogP) is 4.84. The number of nitrogens with zero attached hydrogens (tertiary/aromatic N) is 1. The van der Waals surface area contributed by atoms with Gasteiger partial charge in [0.1, 0.15) is 0 Å². The van der Waals surface area contributed by atoms with Gasteiger partial charge in [0, 0.05) is 11.1 Å². The number of benzene rings is 3. The van der Waals surface area contributed by atoms with E-state index in [-0.39, 0.29) is 0 Å². The molecule has 2 nitrogen and oxygen atoms in total. The number of imidazole rings is 1. The lowest BCUT2D eigenvalue weighted by Gasteiger charge is -2.02. The van der Waals surface area contributed by atoms with Crippen molar-refractivity contribution in [2.24, 2.45) is 7.05 Å². The highest BCUT2D eigenvalue weighted by molar-refractivity contribution is 5.78. The molecule has 0 aliphatic rings. The third-order valence-electron chi connectivity index (χ3n) is 4.31. The van der Waals surface area contributed by atoms with Crippen molar-refractivity contribution in [1.82, 2.24) is 4.98 Å². The monoisotopic (exact) mass is 311 g/mol. The molecular formula is C22H19N2+. The summed E-state index contributed by atoms with van der Waals surface area (Å²) in [5, 5.41) is 0. The second-order valence-electron chi connectivity index (χ2n) is 5.85. The predicted molar refractivity (Wildman–Crippen MR) is 98.3 cm³/mol. The van der Waals surface area contributed by atoms with Crippen molar-refractivity contribution in [2.45, 2.75) is 0 Å². The molecule has 0 radical (unpaired) electrons. The first-order valence-corrected chi connectivity index (χ1v) is 8.13. The maximum absolute atomic E-state index is 3.64. The highest BCUT2D eigenvalue weighted by Gasteiger charge is 2.25. The molecule has 0 spiro atoms. The van der Waals surface area contributed by atoms with Crippen LogP contribution < -0.4 is 4.57 Å². The number of hydrogen-bond acceptors (Lipinski definition) is 0. The van der Waals surface area contributed by atoms with E-state index >= 15 is 0 Å². The molecule has 1 heterocycles. The fraction of sp³-hybridized carbons (Fsp3) is 0.0455. The van der Waals surface area contributed by atoms with Gasteiger partial charge < -0.3 is 0 Å². The summed E-state index contributed by atoms with van der Waals surface area (Å²) < 4.78 is 2.24. The molecule has 1 aromatic heterocycles. The number of aromatic amines is 1. The van der Waals surface area contributed by atoms with Gasteiger partial charge in [0.2, 0.25) is 0 Å². The van der Waals surface area contributed by atoms with E-state index in [0.29, 0.717) is 0 Å². The van der Waals surface area contributed by atoms with E-state index in [1.54, 1.807) is 0 Å². The van der Waals surface area contributed by atoms with Gasteiger partial charge in [-0.05, 0) is 12.1 Å². The van der Waals surface area contributed by atoms with Gasteiger partial charge in [-0.2, -0.15) is 0 Å². The van der Waals surface area contributed by atoms with Crippen LogP contribution in [0.25, 0.3) is 33.9 Å². The van der Waals surface area contributed by atoms with E-state index in [2.05, 4.69) is 95.5 Å². The minimum absolute atomic E-state index is 1.10. The minimum Gasteiger partial charge on any atom is -0.236 e. The van der Waals surface area contributed by atoms with Crippen LogP contribution in [0, 0.1) is 0 Å². The van der Waals surface area contributed by atoms with Crippen LogP contribution in [-0.2, 0) is 7.05 Å². The molecule has 0 amide bonds. The first-order valence-electron chi connectivity index (χ1n) is 8.13. The van der Waals surface area contributed by atoms with E-state index in [1.165, 1.54) is 22.4 Å². The van der Waals surface area contributed by atoms with Crippen LogP contribution in [0.2, 0.25) is 0 Å². The Bertz CT molecular complexity index is 939. The fourth-order valence-corrected chi connectivity index (χ4v) is 3.15. The van der Waals surface area contributed by atoms with E-state index < -0.39 is 0 Å². The lowest BCUT2D eigenvalue weighted by molar-refractivity contribution is -0.647. The normalized spacial score (nSPS) is 10.7. The summed E-state index contributed by atoms with van der Waals surface area (Å²) in [7, 11) is 2.12. The quantitative estimate of drug-likeness (QED) is 0.522. The van der Waals surface area contributed by atoms with Crippen LogP contribution >= 0.6 is 0 Å². The van der Waals surface area contributed by atoms with Gasteiger partial charge in [0.05, 0.1) is 12.6 Å². The van der Waals surface area contributed by atoms with Crippen LogP contribution in [0.3, 0.4) is 0 Å². The molecule has 0 aliphatic carbocycles. The molecule has 0 unspecified atom stereocenters. The number of aromatic nitrogens is 2. The van der Waals surface area contributed by atoms with Crippen molar-refractivity contribution >= 4 is 0 Å². The molecule has 0 bridgehead atoms. The Labute approximate surface area is 142 Å². The molecule has 1 N–H and O–H groups in total. The Morgan fingerprint density at radius 1 is 0.583 bits per heavy atom. The summed E-state index contributed by atoms with van der Waals surface area (Å²) in [5.74, 6) is 1.10. The van der Waals surface area contributed by atoms with E-state index in [9.17, 15) is 0 Å². The summed E-state index contributed by atoms with van der Waals surface area (Å²) in [6.45, 7) is 0. The molecule has 0 aliphatic heterocycles. The maximum Gasteiger partial charge on any atom is 0.287 e. The Balaban J connectivity index is 1.99. The molecule has 3 aromatic carbocycles. The SMILES string of the molecule is C[n+]1c(-c2ccccc2)[nH]c(-c2ccccc2)c1-c1ccccc1. The van der Waals surface area contributed by atoms with Crippen molar-refractivity contribution in [1.29, 1.82) is 0 Å². The van der Waals surface area contributed by atoms with Crippen molar-refractivity contribution in [3.63, 3.8) is 0 Å². The molecule has 116 valence electrons. The van der Waals surface area contributed by atoms with Gasteiger partial charge >= 0.3 is 0 Å². The number of rotatable bonds is 3. The van der Waals surface area contributed by atoms with Gasteiger partial charge in [0.15, 0.2) is 11.4 Å². The average Bonchev–Trinajstić information content (AvgIpc) is 3.01. The van der Waals surface area contributed by atoms with Crippen LogP contribution in [0.1, 0.15) is 0 Å². The highest BCUT2D eigenvalue weighted by atomic mass is 15.1. The summed E-state index contributed by atoms with van der Waals surface area (Å²) in [4.78, 5) is 3.64. The molecule has 0 fully saturated rings. The molecule has 4 aromatic rings. The van der Waals surface area contributed by atoms with Crippen LogP contribution in [-0.4, -0.2) is 4.98 Å². The number of H-pyrrole nitrogens is 1. The second kappa shape index (κ2) is 6.17. The molecule has 24 heavy (non-hydrogen) atoms. The topological polar surface area (TPSA) is 19.7 Å². The van der Waals surface area contributed by atoms with Gasteiger partial charge in [-0.15, -0.1) is 0 Å². The molecule has 0 atom stereocenters. The average molecular weight is 311 g/mol. The number of hydrogen-bond donors (Lipinski definition) is 1. The van der Waals surface area contributed by atoms with Crippen molar-refractivity contribution in [3.8, 4) is 33.9 Å². The van der Waals surface area contributed by atoms with Gasteiger partial charge in [0.25, 0.3) is 5.82 Å². The van der Waals surface area contributed by atoms with Crippen LogP contribution in [0.15, 0.2) is 91.0 Å². The summed E-state index contributed by atoms with van der Waals surface area (Å²) in [6.07, 6.45) is 0. The Hall–Kier alpha value is -3.13. The first kappa shape index (κ1) is 14.5. The third-order valence-corrected chi connectivity index (χ3v) is 4.31.